The quantitative estimate of drug-likeness (QED) is 0.716. The first-order chi connectivity index (χ1) is 11.9. The number of nitrogens with zero attached hydrogens (tertiary/aromatic N) is 2. The number of imide groups is 1. The first kappa shape index (κ1) is 16.9. The number of carbonyl (C=O) groups is 4. The van der Waals surface area contributed by atoms with Gasteiger partial charge in [-0.15, -0.1) is 0 Å². The van der Waals surface area contributed by atoms with Crippen LogP contribution in [0.4, 0.5) is 4.79 Å². The van der Waals surface area contributed by atoms with Crippen molar-refractivity contribution < 1.29 is 19.2 Å². The summed E-state index contributed by atoms with van der Waals surface area (Å²) in [7, 11) is 0. The van der Waals surface area contributed by atoms with E-state index in [-0.39, 0.29) is 30.8 Å². The normalized spacial score (nSPS) is 20.1. The summed E-state index contributed by atoms with van der Waals surface area (Å²) < 4.78 is 0. The predicted octanol–water partition coefficient (Wildman–Crippen LogP) is -0.272. The van der Waals surface area contributed by atoms with Gasteiger partial charge in [-0.05, 0) is 36.5 Å². The monoisotopic (exact) mass is 344 g/mol. The van der Waals surface area contributed by atoms with Crippen molar-refractivity contribution in [2.24, 2.45) is 11.7 Å². The van der Waals surface area contributed by atoms with Gasteiger partial charge in [-0.2, -0.15) is 0 Å². The van der Waals surface area contributed by atoms with Gasteiger partial charge in [0.2, 0.25) is 11.8 Å². The fraction of sp³-hybridized carbons (Fsp3) is 0.412. The van der Waals surface area contributed by atoms with Crippen molar-refractivity contribution in [3.63, 3.8) is 0 Å². The summed E-state index contributed by atoms with van der Waals surface area (Å²) in [4.78, 5) is 49.3. The summed E-state index contributed by atoms with van der Waals surface area (Å²) in [6.45, 7) is 0.908. The molecule has 2 aliphatic rings. The molecule has 1 aromatic rings. The molecule has 2 heterocycles. The van der Waals surface area contributed by atoms with Crippen LogP contribution in [0.1, 0.15) is 22.3 Å². The molecule has 0 bridgehead atoms. The second kappa shape index (κ2) is 6.92. The lowest BCUT2D eigenvalue weighted by atomic mass is 9.97. The first-order valence-electron chi connectivity index (χ1n) is 8.19. The number of nitrogens with two attached hydrogens (primary N) is 1. The smallest absolute Gasteiger partial charge is 0.325 e. The molecule has 1 unspecified atom stereocenters. The molecule has 0 spiro atoms. The molecule has 2 saturated heterocycles. The Morgan fingerprint density at radius 3 is 2.76 bits per heavy atom. The summed E-state index contributed by atoms with van der Waals surface area (Å²) in [6.07, 6.45) is 1.58. The predicted molar refractivity (Wildman–Crippen MR) is 88.5 cm³/mol. The van der Waals surface area contributed by atoms with Gasteiger partial charge in [0.05, 0.1) is 6.54 Å². The maximum Gasteiger partial charge on any atom is 0.325 e. The number of rotatable bonds is 5. The zero-order valence-electron chi connectivity index (χ0n) is 13.7. The van der Waals surface area contributed by atoms with Crippen LogP contribution in [-0.4, -0.2) is 59.7 Å². The van der Waals surface area contributed by atoms with Crippen LogP contribution in [0.25, 0.3) is 0 Å². The SMILES string of the molecule is NC(=O)c1cccc(CC2CCN(C(=O)CN3C(=O)CNC3=O)C2)c1. The zero-order chi connectivity index (χ0) is 18.0. The van der Waals surface area contributed by atoms with Gasteiger partial charge in [0.1, 0.15) is 6.54 Å². The van der Waals surface area contributed by atoms with Gasteiger partial charge in [0, 0.05) is 18.7 Å². The molecule has 0 aromatic heterocycles. The molecule has 0 radical (unpaired) electrons. The Kier molecular flexibility index (Phi) is 4.69. The fourth-order valence-corrected chi connectivity index (χ4v) is 3.26. The molecule has 2 aliphatic heterocycles. The van der Waals surface area contributed by atoms with E-state index in [4.69, 9.17) is 5.73 Å². The second-order valence-corrected chi connectivity index (χ2v) is 6.40. The van der Waals surface area contributed by atoms with Crippen molar-refractivity contribution in [1.29, 1.82) is 0 Å². The van der Waals surface area contributed by atoms with E-state index < -0.39 is 11.9 Å². The van der Waals surface area contributed by atoms with Crippen molar-refractivity contribution in [2.75, 3.05) is 26.2 Å². The summed E-state index contributed by atoms with van der Waals surface area (Å²) in [5.74, 6) is -0.787. The van der Waals surface area contributed by atoms with E-state index in [0.29, 0.717) is 18.7 Å². The number of benzene rings is 1. The van der Waals surface area contributed by atoms with Crippen molar-refractivity contribution in [1.82, 2.24) is 15.1 Å². The lowest BCUT2D eigenvalue weighted by Gasteiger charge is -2.19. The molecule has 1 atom stereocenters. The van der Waals surface area contributed by atoms with Gasteiger partial charge in [-0.1, -0.05) is 12.1 Å². The van der Waals surface area contributed by atoms with Crippen LogP contribution in [0.3, 0.4) is 0 Å². The van der Waals surface area contributed by atoms with Crippen LogP contribution >= 0.6 is 0 Å². The number of hydrogen-bond acceptors (Lipinski definition) is 4. The summed E-state index contributed by atoms with van der Waals surface area (Å²) >= 11 is 0. The topological polar surface area (TPSA) is 113 Å². The highest BCUT2D eigenvalue weighted by Crippen LogP contribution is 2.22. The van der Waals surface area contributed by atoms with Gasteiger partial charge in [-0.3, -0.25) is 19.3 Å². The van der Waals surface area contributed by atoms with Crippen LogP contribution in [-0.2, 0) is 16.0 Å². The molecular formula is C17H20N4O4. The fourth-order valence-electron chi connectivity index (χ4n) is 3.26. The van der Waals surface area contributed by atoms with E-state index in [2.05, 4.69) is 5.32 Å². The number of likely N-dealkylation sites (tertiary alicyclic amines) is 1. The molecule has 25 heavy (non-hydrogen) atoms. The summed E-state index contributed by atoms with van der Waals surface area (Å²) in [5, 5.41) is 2.40. The Labute approximate surface area is 144 Å². The van der Waals surface area contributed by atoms with Crippen molar-refractivity contribution in [2.45, 2.75) is 12.8 Å². The summed E-state index contributed by atoms with van der Waals surface area (Å²) in [6, 6.07) is 6.67. The third kappa shape index (κ3) is 3.78. The average Bonchev–Trinajstić information content (AvgIpc) is 3.17. The van der Waals surface area contributed by atoms with Crippen molar-refractivity contribution in [3.8, 4) is 0 Å². The number of urea groups is 1. The largest absolute Gasteiger partial charge is 0.366 e. The van der Waals surface area contributed by atoms with E-state index in [1.165, 1.54) is 0 Å². The Morgan fingerprint density at radius 1 is 1.28 bits per heavy atom. The molecule has 3 rings (SSSR count). The maximum atomic E-state index is 12.3. The third-order valence-electron chi connectivity index (χ3n) is 4.60. The van der Waals surface area contributed by atoms with E-state index >= 15 is 0 Å². The molecule has 8 nitrogen and oxygen atoms in total. The van der Waals surface area contributed by atoms with Gasteiger partial charge < -0.3 is 16.0 Å². The van der Waals surface area contributed by atoms with E-state index in [1.54, 1.807) is 23.1 Å². The molecule has 5 amide bonds. The van der Waals surface area contributed by atoms with Crippen LogP contribution in [0.15, 0.2) is 24.3 Å². The highest BCUT2D eigenvalue weighted by atomic mass is 16.2. The van der Waals surface area contributed by atoms with Gasteiger partial charge in [-0.25, -0.2) is 4.79 Å². The molecule has 132 valence electrons. The number of carbonyl (C=O) groups excluding carboxylic acids is 4. The zero-order valence-corrected chi connectivity index (χ0v) is 13.7. The standard InChI is InChI=1S/C17H20N4O4/c18-16(24)13-3-1-2-11(7-13)6-12-4-5-20(9-12)15(23)10-21-14(22)8-19-17(21)25/h1-3,7,12H,4-6,8-10H2,(H2,18,24)(H,19,25). The molecule has 2 fully saturated rings. The van der Waals surface area contributed by atoms with Gasteiger partial charge in [0.15, 0.2) is 0 Å². The van der Waals surface area contributed by atoms with E-state index in [0.717, 1.165) is 23.3 Å². The highest BCUT2D eigenvalue weighted by Gasteiger charge is 2.33. The minimum atomic E-state index is -0.516. The number of hydrogen-bond donors (Lipinski definition) is 2. The van der Waals surface area contributed by atoms with Crippen LogP contribution < -0.4 is 11.1 Å². The Bertz CT molecular complexity index is 717. The molecule has 0 saturated carbocycles. The Hall–Kier alpha value is -2.90. The third-order valence-corrected chi connectivity index (χ3v) is 4.60. The number of primary amides is 1. The average molecular weight is 344 g/mol. The summed E-state index contributed by atoms with van der Waals surface area (Å²) in [5.41, 5.74) is 6.77. The Morgan fingerprint density at radius 2 is 2.08 bits per heavy atom. The van der Waals surface area contributed by atoms with Crippen molar-refractivity contribution >= 4 is 23.8 Å². The Balaban J connectivity index is 1.55. The maximum absolute atomic E-state index is 12.3. The van der Waals surface area contributed by atoms with Crippen LogP contribution in [0.2, 0.25) is 0 Å². The lowest BCUT2D eigenvalue weighted by molar-refractivity contribution is -0.135. The number of amides is 5. The molecule has 0 aliphatic carbocycles. The van der Waals surface area contributed by atoms with Gasteiger partial charge >= 0.3 is 6.03 Å². The first-order valence-corrected chi connectivity index (χ1v) is 8.19. The molecular weight excluding hydrogens is 324 g/mol. The second-order valence-electron chi connectivity index (χ2n) is 6.40. The van der Waals surface area contributed by atoms with Crippen molar-refractivity contribution in [3.05, 3.63) is 35.4 Å². The minimum Gasteiger partial charge on any atom is -0.366 e. The highest BCUT2D eigenvalue weighted by molar-refractivity contribution is 6.04. The van der Waals surface area contributed by atoms with Gasteiger partial charge in [0.25, 0.3) is 5.91 Å². The molecule has 8 heteroatoms. The molecule has 1 aromatic carbocycles. The van der Waals surface area contributed by atoms with Crippen LogP contribution in [0, 0.1) is 5.92 Å². The molecule has 3 N–H and O–H groups in total. The minimum absolute atomic E-state index is 0.0507. The number of nitrogens with one attached hydrogen (secondary N) is 1. The lowest BCUT2D eigenvalue weighted by Crippen LogP contribution is -2.42. The van der Waals surface area contributed by atoms with Crippen LogP contribution in [0.5, 0.6) is 0 Å². The van der Waals surface area contributed by atoms with E-state index in [9.17, 15) is 19.2 Å². The van der Waals surface area contributed by atoms with E-state index in [1.807, 2.05) is 6.07 Å².